The second-order valence-electron chi connectivity index (χ2n) is 6.36. The highest BCUT2D eigenvalue weighted by atomic mass is 35.5. The fraction of sp³-hybridized carbons (Fsp3) is 0.333. The molecule has 2 amide bonds. The van der Waals surface area contributed by atoms with E-state index >= 15 is 0 Å². The summed E-state index contributed by atoms with van der Waals surface area (Å²) in [5.74, 6) is 0.775. The van der Waals surface area contributed by atoms with Crippen molar-refractivity contribution in [2.45, 2.75) is 32.2 Å². The van der Waals surface area contributed by atoms with Crippen molar-refractivity contribution in [1.82, 2.24) is 10.2 Å². The van der Waals surface area contributed by atoms with E-state index in [4.69, 9.17) is 11.6 Å². The van der Waals surface area contributed by atoms with E-state index in [1.807, 2.05) is 55.5 Å². The normalized spacial score (nSPS) is 11.7. The second-order valence-corrected chi connectivity index (χ2v) is 7.78. The lowest BCUT2D eigenvalue weighted by molar-refractivity contribution is -0.138. The number of thioether (sulfide) groups is 1. The summed E-state index contributed by atoms with van der Waals surface area (Å²) in [6.45, 7) is 4.19. The molecule has 0 saturated carbocycles. The third-order valence-corrected chi connectivity index (χ3v) is 5.62. The fourth-order valence-corrected chi connectivity index (χ4v) is 3.80. The minimum atomic E-state index is -0.533. The molecule has 0 aliphatic heterocycles. The van der Waals surface area contributed by atoms with E-state index in [1.54, 1.807) is 18.9 Å². The molecule has 0 saturated heterocycles. The number of hydrogen-bond donors (Lipinski definition) is 1. The first kappa shape index (κ1) is 21.3. The Morgan fingerprint density at radius 1 is 1.19 bits per heavy atom. The lowest BCUT2D eigenvalue weighted by Crippen LogP contribution is -2.47. The molecule has 1 atom stereocenters. The number of likely N-dealkylation sites (N-methyl/N-ethyl adjacent to an activating group) is 1. The van der Waals surface area contributed by atoms with Gasteiger partial charge in [-0.2, -0.15) is 0 Å². The predicted octanol–water partition coefficient (Wildman–Crippen LogP) is 4.04. The van der Waals surface area contributed by atoms with Crippen LogP contribution in [0.5, 0.6) is 0 Å². The molecular formula is C21H25ClN2O2S. The maximum absolute atomic E-state index is 12.9. The van der Waals surface area contributed by atoms with E-state index in [0.29, 0.717) is 23.1 Å². The molecule has 2 aromatic rings. The first-order valence-electron chi connectivity index (χ1n) is 8.80. The van der Waals surface area contributed by atoms with E-state index in [0.717, 1.165) is 16.7 Å². The minimum Gasteiger partial charge on any atom is -0.357 e. The average Bonchev–Trinajstić information content (AvgIpc) is 2.66. The molecule has 1 N–H and O–H groups in total. The standard InChI is InChI=1S/C21H25ClN2O2S/c1-15-7-4-5-9-18(15)12-24(16(2)21(26)23-3)20(25)14-27-13-17-8-6-10-19(22)11-17/h4-11,16H,12-14H2,1-3H3,(H,23,26). The molecule has 2 rings (SSSR count). The Morgan fingerprint density at radius 2 is 1.93 bits per heavy atom. The largest absolute Gasteiger partial charge is 0.357 e. The summed E-state index contributed by atoms with van der Waals surface area (Å²) >= 11 is 7.53. The summed E-state index contributed by atoms with van der Waals surface area (Å²) in [4.78, 5) is 26.7. The van der Waals surface area contributed by atoms with Gasteiger partial charge in [0.05, 0.1) is 5.75 Å². The number of benzene rings is 2. The molecule has 6 heteroatoms. The molecule has 0 aliphatic rings. The second kappa shape index (κ2) is 10.4. The Labute approximate surface area is 170 Å². The van der Waals surface area contributed by atoms with E-state index in [1.165, 1.54) is 11.8 Å². The maximum atomic E-state index is 12.9. The molecular weight excluding hydrogens is 380 g/mol. The zero-order chi connectivity index (χ0) is 19.8. The number of nitrogens with zero attached hydrogens (tertiary/aromatic N) is 1. The Balaban J connectivity index is 2.06. The van der Waals surface area contributed by atoms with Crippen molar-refractivity contribution in [3.63, 3.8) is 0 Å². The van der Waals surface area contributed by atoms with Gasteiger partial charge in [-0.3, -0.25) is 9.59 Å². The summed E-state index contributed by atoms with van der Waals surface area (Å²) in [7, 11) is 1.59. The van der Waals surface area contributed by atoms with Crippen molar-refractivity contribution in [3.05, 3.63) is 70.2 Å². The van der Waals surface area contributed by atoms with Gasteiger partial charge in [-0.05, 0) is 42.7 Å². The van der Waals surface area contributed by atoms with Gasteiger partial charge in [0.1, 0.15) is 6.04 Å². The molecule has 27 heavy (non-hydrogen) atoms. The van der Waals surface area contributed by atoms with Crippen molar-refractivity contribution in [2.24, 2.45) is 0 Å². The number of aryl methyl sites for hydroxylation is 1. The predicted molar refractivity (Wildman–Crippen MR) is 113 cm³/mol. The van der Waals surface area contributed by atoms with Gasteiger partial charge in [0, 0.05) is 24.4 Å². The van der Waals surface area contributed by atoms with Gasteiger partial charge in [-0.15, -0.1) is 11.8 Å². The van der Waals surface area contributed by atoms with Crippen molar-refractivity contribution in [2.75, 3.05) is 12.8 Å². The number of carbonyl (C=O) groups is 2. The third kappa shape index (κ3) is 6.29. The smallest absolute Gasteiger partial charge is 0.242 e. The van der Waals surface area contributed by atoms with Crippen LogP contribution in [0.25, 0.3) is 0 Å². The Bertz CT molecular complexity index is 797. The van der Waals surface area contributed by atoms with E-state index < -0.39 is 6.04 Å². The van der Waals surface area contributed by atoms with Crippen molar-refractivity contribution in [1.29, 1.82) is 0 Å². The molecule has 0 fully saturated rings. The zero-order valence-corrected chi connectivity index (χ0v) is 17.4. The quantitative estimate of drug-likeness (QED) is 0.722. The topological polar surface area (TPSA) is 49.4 Å². The number of nitrogens with one attached hydrogen (secondary N) is 1. The van der Waals surface area contributed by atoms with Crippen LogP contribution in [0, 0.1) is 6.92 Å². The third-order valence-electron chi connectivity index (χ3n) is 4.40. The van der Waals surface area contributed by atoms with Gasteiger partial charge in [-0.25, -0.2) is 0 Å². The SMILES string of the molecule is CNC(=O)C(C)N(Cc1ccccc1C)C(=O)CSCc1cccc(Cl)c1. The Morgan fingerprint density at radius 3 is 2.59 bits per heavy atom. The van der Waals surface area contributed by atoms with Crippen LogP contribution in [0.3, 0.4) is 0 Å². The van der Waals surface area contributed by atoms with E-state index in [2.05, 4.69) is 5.32 Å². The highest BCUT2D eigenvalue weighted by molar-refractivity contribution is 7.99. The summed E-state index contributed by atoms with van der Waals surface area (Å²) in [5, 5.41) is 3.32. The molecule has 0 aromatic heterocycles. The molecule has 0 aliphatic carbocycles. The lowest BCUT2D eigenvalue weighted by Gasteiger charge is -2.29. The molecule has 4 nitrogen and oxygen atoms in total. The van der Waals surface area contributed by atoms with Crippen LogP contribution in [0.1, 0.15) is 23.6 Å². The number of rotatable bonds is 8. The average molecular weight is 405 g/mol. The Kier molecular flexibility index (Phi) is 8.20. The van der Waals surface area contributed by atoms with Gasteiger partial charge in [0.15, 0.2) is 0 Å². The van der Waals surface area contributed by atoms with Crippen LogP contribution in [-0.2, 0) is 21.9 Å². The highest BCUT2D eigenvalue weighted by Crippen LogP contribution is 2.19. The highest BCUT2D eigenvalue weighted by Gasteiger charge is 2.25. The van der Waals surface area contributed by atoms with Gasteiger partial charge in [0.2, 0.25) is 11.8 Å². The van der Waals surface area contributed by atoms with Gasteiger partial charge in [0.25, 0.3) is 0 Å². The molecule has 2 aromatic carbocycles. The molecule has 0 bridgehead atoms. The van der Waals surface area contributed by atoms with Gasteiger partial charge >= 0.3 is 0 Å². The van der Waals surface area contributed by atoms with Crippen LogP contribution in [0.15, 0.2) is 48.5 Å². The van der Waals surface area contributed by atoms with Crippen molar-refractivity contribution < 1.29 is 9.59 Å². The Hall–Kier alpha value is -1.98. The van der Waals surface area contributed by atoms with Crippen LogP contribution in [0.2, 0.25) is 5.02 Å². The molecule has 144 valence electrons. The number of amides is 2. The molecule has 1 unspecified atom stereocenters. The van der Waals surface area contributed by atoms with Crippen LogP contribution >= 0.6 is 23.4 Å². The molecule has 0 heterocycles. The van der Waals surface area contributed by atoms with Crippen LogP contribution in [-0.4, -0.2) is 35.6 Å². The van der Waals surface area contributed by atoms with E-state index in [-0.39, 0.29) is 11.8 Å². The summed E-state index contributed by atoms with van der Waals surface area (Å²) < 4.78 is 0. The van der Waals surface area contributed by atoms with Crippen molar-refractivity contribution in [3.8, 4) is 0 Å². The van der Waals surface area contributed by atoms with Gasteiger partial charge < -0.3 is 10.2 Å². The molecule has 0 spiro atoms. The van der Waals surface area contributed by atoms with Crippen LogP contribution in [0.4, 0.5) is 0 Å². The first-order valence-corrected chi connectivity index (χ1v) is 10.3. The first-order chi connectivity index (χ1) is 12.9. The molecule has 0 radical (unpaired) electrons. The number of hydrogen-bond acceptors (Lipinski definition) is 3. The van der Waals surface area contributed by atoms with Gasteiger partial charge in [-0.1, -0.05) is 48.0 Å². The lowest BCUT2D eigenvalue weighted by atomic mass is 10.1. The minimum absolute atomic E-state index is 0.0543. The number of carbonyl (C=O) groups excluding carboxylic acids is 2. The monoisotopic (exact) mass is 404 g/mol. The van der Waals surface area contributed by atoms with E-state index in [9.17, 15) is 9.59 Å². The maximum Gasteiger partial charge on any atom is 0.242 e. The summed E-state index contributed by atoms with van der Waals surface area (Å²) in [6, 6.07) is 15.0. The van der Waals surface area contributed by atoms with Crippen LogP contribution < -0.4 is 5.32 Å². The van der Waals surface area contributed by atoms with Crippen molar-refractivity contribution >= 4 is 35.2 Å². The summed E-state index contributed by atoms with van der Waals surface area (Å²) in [5.41, 5.74) is 3.22. The number of halogens is 1. The fourth-order valence-electron chi connectivity index (χ4n) is 2.73. The summed E-state index contributed by atoms with van der Waals surface area (Å²) in [6.07, 6.45) is 0. The zero-order valence-electron chi connectivity index (χ0n) is 15.9.